The second-order valence-electron chi connectivity index (χ2n) is 8.27. The number of ether oxygens (including phenoxy) is 1. The van der Waals surface area contributed by atoms with Crippen LogP contribution in [0.2, 0.25) is 0 Å². The van der Waals surface area contributed by atoms with Crippen LogP contribution in [0.1, 0.15) is 29.5 Å². The fourth-order valence-corrected chi connectivity index (χ4v) is 4.00. The molecule has 31 heavy (non-hydrogen) atoms. The normalized spacial score (nSPS) is 16.9. The van der Waals surface area contributed by atoms with Crippen LogP contribution in [0.4, 0.5) is 0 Å². The molecule has 0 aliphatic carbocycles. The van der Waals surface area contributed by atoms with Crippen molar-refractivity contribution in [3.05, 3.63) is 100.0 Å². The summed E-state index contributed by atoms with van der Waals surface area (Å²) in [5, 5.41) is 9.82. The van der Waals surface area contributed by atoms with Gasteiger partial charge in [0.2, 0.25) is 0 Å². The first kappa shape index (κ1) is 21.3. The fourth-order valence-electron chi connectivity index (χ4n) is 4.00. The highest BCUT2D eigenvalue weighted by molar-refractivity contribution is 5.23. The maximum absolute atomic E-state index is 12.4. The largest absolute Gasteiger partial charge is 0.489 e. The number of aryl methyl sites for hydroxylation is 2. The highest BCUT2D eigenvalue weighted by Crippen LogP contribution is 2.15. The van der Waals surface area contributed by atoms with E-state index in [0.717, 1.165) is 44.5 Å². The zero-order valence-electron chi connectivity index (χ0n) is 17.8. The molecule has 0 radical (unpaired) electrons. The first-order chi connectivity index (χ1) is 15.2. The van der Waals surface area contributed by atoms with Crippen molar-refractivity contribution in [2.24, 2.45) is 0 Å². The monoisotopic (exact) mass is 418 g/mol. The van der Waals surface area contributed by atoms with E-state index in [9.17, 15) is 9.90 Å². The molecule has 1 atom stereocenters. The van der Waals surface area contributed by atoms with Gasteiger partial charge in [-0.05, 0) is 48.6 Å². The summed E-state index contributed by atoms with van der Waals surface area (Å²) in [4.78, 5) is 14.7. The number of hydrogen-bond donors (Lipinski definition) is 1. The molecule has 0 bridgehead atoms. The van der Waals surface area contributed by atoms with Gasteiger partial charge in [-0.3, -0.25) is 9.69 Å². The average Bonchev–Trinajstić information content (AvgIpc) is 2.79. The molecule has 2 aromatic carbocycles. The molecule has 4 rings (SSSR count). The third-order valence-corrected chi connectivity index (χ3v) is 5.77. The Morgan fingerprint density at radius 1 is 0.968 bits per heavy atom. The van der Waals surface area contributed by atoms with Gasteiger partial charge in [0.15, 0.2) is 0 Å². The minimum Gasteiger partial charge on any atom is -0.489 e. The van der Waals surface area contributed by atoms with Crippen molar-refractivity contribution in [3.63, 3.8) is 0 Å². The number of benzene rings is 2. The predicted molar refractivity (Wildman–Crippen MR) is 122 cm³/mol. The molecule has 1 aliphatic rings. The van der Waals surface area contributed by atoms with Crippen LogP contribution in [0.3, 0.4) is 0 Å². The van der Waals surface area contributed by atoms with Crippen molar-refractivity contribution < 1.29 is 9.84 Å². The molecule has 2 heterocycles. The number of β-amino-alcohol motifs (C(OH)–C–C–N with tert-alkyl or cyclic N) is 1. The van der Waals surface area contributed by atoms with Crippen LogP contribution in [0, 0.1) is 0 Å². The first-order valence-electron chi connectivity index (χ1n) is 11.0. The van der Waals surface area contributed by atoms with E-state index in [1.165, 1.54) is 11.1 Å². The molecule has 1 aliphatic heterocycles. The van der Waals surface area contributed by atoms with Crippen molar-refractivity contribution in [1.29, 1.82) is 0 Å². The molecule has 1 N–H and O–H groups in total. The highest BCUT2D eigenvalue weighted by atomic mass is 16.5. The molecular weight excluding hydrogens is 388 g/mol. The SMILES string of the molecule is O=c1cc(OCc2ccccc2)ccn1CCc1ccc(CN2CCCC(O)C2)cc1. The number of aliphatic hydroxyl groups excluding tert-OH is 1. The quantitative estimate of drug-likeness (QED) is 0.607. The van der Waals surface area contributed by atoms with E-state index in [-0.39, 0.29) is 11.7 Å². The van der Waals surface area contributed by atoms with Gasteiger partial charge in [-0.2, -0.15) is 0 Å². The average molecular weight is 419 g/mol. The highest BCUT2D eigenvalue weighted by Gasteiger charge is 2.17. The Bertz CT molecular complexity index is 1010. The summed E-state index contributed by atoms with van der Waals surface area (Å²) in [5.74, 6) is 0.595. The Balaban J connectivity index is 1.28. The molecule has 3 aromatic rings. The van der Waals surface area contributed by atoms with E-state index in [1.54, 1.807) is 16.8 Å². The Morgan fingerprint density at radius 2 is 1.74 bits per heavy atom. The summed E-state index contributed by atoms with van der Waals surface area (Å²) in [7, 11) is 0. The number of hydrogen-bond acceptors (Lipinski definition) is 4. The molecule has 162 valence electrons. The number of nitrogens with zero attached hydrogens (tertiary/aromatic N) is 2. The van der Waals surface area contributed by atoms with Crippen molar-refractivity contribution in [2.45, 2.75) is 45.1 Å². The number of piperidine rings is 1. The van der Waals surface area contributed by atoms with Gasteiger partial charge in [0.25, 0.3) is 5.56 Å². The minimum absolute atomic E-state index is 0.0501. The van der Waals surface area contributed by atoms with Crippen LogP contribution < -0.4 is 10.3 Å². The molecule has 5 nitrogen and oxygen atoms in total. The van der Waals surface area contributed by atoms with Gasteiger partial charge in [0, 0.05) is 31.9 Å². The Kier molecular flexibility index (Phi) is 7.18. The summed E-state index contributed by atoms with van der Waals surface area (Å²) in [6.07, 6.45) is 4.38. The van der Waals surface area contributed by atoms with Gasteiger partial charge < -0.3 is 14.4 Å². The molecule has 1 saturated heterocycles. The maximum atomic E-state index is 12.4. The van der Waals surface area contributed by atoms with Crippen molar-refractivity contribution in [1.82, 2.24) is 9.47 Å². The van der Waals surface area contributed by atoms with Gasteiger partial charge in [-0.25, -0.2) is 0 Å². The number of aliphatic hydroxyl groups is 1. The molecular formula is C26H30N2O3. The molecule has 1 unspecified atom stereocenters. The standard InChI is InChI=1S/C26H30N2O3/c29-24-7-4-14-27(19-24)18-22-10-8-21(9-11-22)12-15-28-16-13-25(17-26(28)30)31-20-23-5-2-1-3-6-23/h1-3,5-6,8-11,13,16-17,24,29H,4,7,12,14-15,18-20H2. The lowest BCUT2D eigenvalue weighted by Crippen LogP contribution is -2.37. The zero-order chi connectivity index (χ0) is 21.5. The number of likely N-dealkylation sites (tertiary alicyclic amines) is 1. The van der Waals surface area contributed by atoms with Crippen LogP contribution in [-0.2, 0) is 26.1 Å². The van der Waals surface area contributed by atoms with Gasteiger partial charge in [-0.1, -0.05) is 54.6 Å². The molecule has 0 saturated carbocycles. The molecule has 0 spiro atoms. The smallest absolute Gasteiger partial charge is 0.254 e. The molecule has 5 heteroatoms. The van der Waals surface area contributed by atoms with Gasteiger partial charge in [0.1, 0.15) is 12.4 Å². The lowest BCUT2D eigenvalue weighted by molar-refractivity contribution is 0.0668. The summed E-state index contributed by atoms with van der Waals surface area (Å²) in [6, 6.07) is 21.9. The summed E-state index contributed by atoms with van der Waals surface area (Å²) in [6.45, 7) is 3.77. The zero-order valence-corrected chi connectivity index (χ0v) is 17.8. The van der Waals surface area contributed by atoms with Crippen molar-refractivity contribution in [2.75, 3.05) is 13.1 Å². The summed E-state index contributed by atoms with van der Waals surface area (Å²) < 4.78 is 7.46. The van der Waals surface area contributed by atoms with Gasteiger partial charge >= 0.3 is 0 Å². The van der Waals surface area contributed by atoms with E-state index >= 15 is 0 Å². The van der Waals surface area contributed by atoms with E-state index in [1.807, 2.05) is 36.4 Å². The third kappa shape index (κ3) is 6.29. The number of rotatable bonds is 8. The van der Waals surface area contributed by atoms with E-state index in [2.05, 4.69) is 29.2 Å². The van der Waals surface area contributed by atoms with E-state index in [4.69, 9.17) is 4.74 Å². The second-order valence-corrected chi connectivity index (χ2v) is 8.27. The van der Waals surface area contributed by atoms with Crippen LogP contribution in [0.15, 0.2) is 77.7 Å². The Hall–Kier alpha value is -2.89. The molecule has 1 aromatic heterocycles. The molecule has 0 amide bonds. The van der Waals surface area contributed by atoms with E-state index < -0.39 is 0 Å². The Labute approximate surface area is 183 Å². The van der Waals surface area contributed by atoms with E-state index in [0.29, 0.717) is 18.9 Å². The topological polar surface area (TPSA) is 54.7 Å². The Morgan fingerprint density at radius 3 is 2.48 bits per heavy atom. The second kappa shape index (κ2) is 10.4. The van der Waals surface area contributed by atoms with Crippen molar-refractivity contribution in [3.8, 4) is 5.75 Å². The molecule has 1 fully saturated rings. The number of aromatic nitrogens is 1. The van der Waals surface area contributed by atoms with Gasteiger partial charge in [0.05, 0.1) is 6.10 Å². The van der Waals surface area contributed by atoms with Crippen LogP contribution >= 0.6 is 0 Å². The third-order valence-electron chi connectivity index (χ3n) is 5.77. The maximum Gasteiger partial charge on any atom is 0.254 e. The lowest BCUT2D eigenvalue weighted by Gasteiger charge is -2.30. The summed E-state index contributed by atoms with van der Waals surface area (Å²) >= 11 is 0. The number of pyridine rings is 1. The minimum atomic E-state index is -0.193. The van der Waals surface area contributed by atoms with Crippen molar-refractivity contribution >= 4 is 0 Å². The van der Waals surface area contributed by atoms with Crippen LogP contribution in [0.5, 0.6) is 5.75 Å². The fraction of sp³-hybridized carbons (Fsp3) is 0.346. The predicted octanol–water partition coefficient (Wildman–Crippen LogP) is 3.63. The van der Waals surface area contributed by atoms with Crippen LogP contribution in [0.25, 0.3) is 0 Å². The lowest BCUT2D eigenvalue weighted by atomic mass is 10.1. The summed E-state index contributed by atoms with van der Waals surface area (Å²) in [5.41, 5.74) is 3.49. The van der Waals surface area contributed by atoms with Gasteiger partial charge in [-0.15, -0.1) is 0 Å². The van der Waals surface area contributed by atoms with Crippen LogP contribution in [-0.4, -0.2) is 33.8 Å². The first-order valence-corrected chi connectivity index (χ1v) is 11.0.